The maximum atomic E-state index is 12.9. The van der Waals surface area contributed by atoms with Gasteiger partial charge in [0, 0.05) is 38.1 Å². The molecular formula is C26H28N4O6. The van der Waals surface area contributed by atoms with Gasteiger partial charge in [-0.05, 0) is 61.7 Å². The summed E-state index contributed by atoms with van der Waals surface area (Å²) in [6.07, 6.45) is 0.491. The van der Waals surface area contributed by atoms with Gasteiger partial charge >= 0.3 is 6.03 Å². The minimum absolute atomic E-state index is 0.195. The van der Waals surface area contributed by atoms with Gasteiger partial charge in [-0.1, -0.05) is 6.07 Å². The molecule has 5 rings (SSSR count). The molecule has 10 heteroatoms. The van der Waals surface area contributed by atoms with Crippen molar-refractivity contribution in [2.45, 2.75) is 64.4 Å². The number of nitrogens with one attached hydrogen (secondary N) is 3. The lowest BCUT2D eigenvalue weighted by molar-refractivity contribution is -0.136. The summed E-state index contributed by atoms with van der Waals surface area (Å²) in [7, 11) is 0. The van der Waals surface area contributed by atoms with Gasteiger partial charge in [0.2, 0.25) is 17.6 Å². The Bertz CT molecular complexity index is 1300. The topological polar surface area (TPSA) is 126 Å². The van der Waals surface area contributed by atoms with Gasteiger partial charge in [-0.2, -0.15) is 0 Å². The molecule has 3 heterocycles. The lowest BCUT2D eigenvalue weighted by atomic mass is 9.94. The molecule has 1 unspecified atom stereocenters. The van der Waals surface area contributed by atoms with E-state index in [1.807, 2.05) is 45.9 Å². The van der Waals surface area contributed by atoms with Crippen LogP contribution < -0.4 is 25.4 Å². The molecule has 2 aromatic carbocycles. The van der Waals surface area contributed by atoms with Gasteiger partial charge in [0.15, 0.2) is 11.5 Å². The van der Waals surface area contributed by atoms with Crippen LogP contribution in [0.25, 0.3) is 0 Å². The zero-order valence-corrected chi connectivity index (χ0v) is 20.6. The van der Waals surface area contributed by atoms with Crippen LogP contribution in [0.15, 0.2) is 36.4 Å². The van der Waals surface area contributed by atoms with Crippen LogP contribution in [0.5, 0.6) is 11.5 Å². The van der Waals surface area contributed by atoms with E-state index in [4.69, 9.17) is 9.47 Å². The SMILES string of the molecule is CC1(C)Oc2ccc(C(C)(C)NC(=O)Nc3ccc4c(c3)CN(C3CCC(=O)NC3=O)C4=O)cc2O1. The summed E-state index contributed by atoms with van der Waals surface area (Å²) in [6.45, 7) is 7.66. The predicted octanol–water partition coefficient (Wildman–Crippen LogP) is 3.01. The average molecular weight is 493 g/mol. The van der Waals surface area contributed by atoms with Gasteiger partial charge < -0.3 is 25.0 Å². The maximum Gasteiger partial charge on any atom is 0.319 e. The summed E-state index contributed by atoms with van der Waals surface area (Å²) in [6, 6.07) is 9.49. The molecule has 0 aliphatic carbocycles. The third-order valence-corrected chi connectivity index (χ3v) is 6.58. The highest BCUT2D eigenvalue weighted by atomic mass is 16.7. The average Bonchev–Trinajstić information content (AvgIpc) is 3.27. The molecule has 2 aromatic rings. The maximum absolute atomic E-state index is 12.9. The third kappa shape index (κ3) is 4.34. The second-order valence-electron chi connectivity index (χ2n) is 10.2. The van der Waals surface area contributed by atoms with Crippen molar-refractivity contribution >= 4 is 29.4 Å². The zero-order chi connectivity index (χ0) is 25.8. The number of hydrogen-bond donors (Lipinski definition) is 3. The van der Waals surface area contributed by atoms with Gasteiger partial charge in [0.1, 0.15) is 6.04 Å². The van der Waals surface area contributed by atoms with Crippen LogP contribution in [-0.2, 0) is 21.7 Å². The van der Waals surface area contributed by atoms with E-state index in [1.54, 1.807) is 18.2 Å². The molecule has 0 saturated carbocycles. The van der Waals surface area contributed by atoms with Crippen LogP contribution in [0, 0.1) is 0 Å². The van der Waals surface area contributed by atoms with Crippen molar-refractivity contribution in [2.75, 3.05) is 5.32 Å². The summed E-state index contributed by atoms with van der Waals surface area (Å²) in [4.78, 5) is 50.9. The summed E-state index contributed by atoms with van der Waals surface area (Å²) >= 11 is 0. The molecular weight excluding hydrogens is 464 g/mol. The van der Waals surface area contributed by atoms with Gasteiger partial charge in [-0.15, -0.1) is 0 Å². The van der Waals surface area contributed by atoms with Crippen LogP contribution in [0.4, 0.5) is 10.5 Å². The molecule has 5 amide bonds. The van der Waals surface area contributed by atoms with Crippen molar-refractivity contribution in [3.63, 3.8) is 0 Å². The van der Waals surface area contributed by atoms with Crippen LogP contribution >= 0.6 is 0 Å². The first kappa shape index (κ1) is 23.7. The Labute approximate surface area is 208 Å². The van der Waals surface area contributed by atoms with Crippen molar-refractivity contribution < 1.29 is 28.7 Å². The van der Waals surface area contributed by atoms with E-state index in [0.29, 0.717) is 34.7 Å². The molecule has 3 N–H and O–H groups in total. The number of nitrogens with zero attached hydrogens (tertiary/aromatic N) is 1. The number of carbonyl (C=O) groups excluding carboxylic acids is 4. The van der Waals surface area contributed by atoms with Crippen molar-refractivity contribution in [3.8, 4) is 11.5 Å². The lowest BCUT2D eigenvalue weighted by Gasteiger charge is -2.29. The minimum atomic E-state index is -0.737. The predicted molar refractivity (Wildman–Crippen MR) is 129 cm³/mol. The number of imide groups is 1. The Balaban J connectivity index is 1.25. The third-order valence-electron chi connectivity index (χ3n) is 6.58. The number of hydrogen-bond acceptors (Lipinski definition) is 6. The van der Waals surface area contributed by atoms with Crippen LogP contribution in [0.1, 0.15) is 62.0 Å². The number of benzene rings is 2. The molecule has 3 aliphatic rings. The van der Waals surface area contributed by atoms with Gasteiger partial charge in [-0.25, -0.2) is 4.79 Å². The number of amides is 5. The number of piperidine rings is 1. The Morgan fingerprint density at radius 1 is 1.08 bits per heavy atom. The Kier molecular flexibility index (Phi) is 5.42. The molecule has 1 atom stereocenters. The molecule has 188 valence electrons. The van der Waals surface area contributed by atoms with E-state index in [9.17, 15) is 19.2 Å². The highest BCUT2D eigenvalue weighted by Crippen LogP contribution is 2.41. The second-order valence-corrected chi connectivity index (χ2v) is 10.2. The Morgan fingerprint density at radius 3 is 2.58 bits per heavy atom. The van der Waals surface area contributed by atoms with Crippen molar-refractivity contribution in [1.82, 2.24) is 15.5 Å². The first-order chi connectivity index (χ1) is 16.9. The molecule has 0 radical (unpaired) electrons. The molecule has 0 bridgehead atoms. The monoisotopic (exact) mass is 492 g/mol. The van der Waals surface area contributed by atoms with E-state index >= 15 is 0 Å². The highest BCUT2D eigenvalue weighted by molar-refractivity contribution is 6.05. The van der Waals surface area contributed by atoms with E-state index in [0.717, 1.165) is 5.56 Å². The quantitative estimate of drug-likeness (QED) is 0.564. The Hall–Kier alpha value is -4.08. The van der Waals surface area contributed by atoms with Crippen molar-refractivity contribution in [3.05, 3.63) is 53.1 Å². The highest BCUT2D eigenvalue weighted by Gasteiger charge is 2.39. The molecule has 3 aliphatic heterocycles. The molecule has 10 nitrogen and oxygen atoms in total. The molecule has 36 heavy (non-hydrogen) atoms. The van der Waals surface area contributed by atoms with Gasteiger partial charge in [0.05, 0.1) is 5.54 Å². The fourth-order valence-electron chi connectivity index (χ4n) is 4.78. The number of anilines is 1. The molecule has 0 aromatic heterocycles. The van der Waals surface area contributed by atoms with Crippen molar-refractivity contribution in [2.24, 2.45) is 0 Å². The number of rotatable bonds is 4. The first-order valence-electron chi connectivity index (χ1n) is 11.8. The molecule has 1 saturated heterocycles. The number of carbonyl (C=O) groups is 4. The first-order valence-corrected chi connectivity index (χ1v) is 11.8. The summed E-state index contributed by atoms with van der Waals surface area (Å²) in [5.41, 5.74) is 1.84. The standard InChI is InChI=1S/C26H28N4O6/c1-25(2,15-5-9-19-20(12-15)36-26(3,4)35-19)29-24(34)27-16-6-7-17-14(11-16)13-30(23(17)33)18-8-10-21(31)28-22(18)32/h5-7,9,11-12,18H,8,10,13H2,1-4H3,(H2,27,29,34)(H,28,31,32). The van der Waals surface area contributed by atoms with Gasteiger partial charge in [-0.3, -0.25) is 19.7 Å². The summed E-state index contributed by atoms with van der Waals surface area (Å²) in [5, 5.41) is 8.09. The summed E-state index contributed by atoms with van der Waals surface area (Å²) in [5.74, 6) is -0.509. The van der Waals surface area contributed by atoms with E-state index in [2.05, 4.69) is 16.0 Å². The second kappa shape index (κ2) is 8.25. The van der Waals surface area contributed by atoms with E-state index < -0.39 is 29.3 Å². The normalized spacial score (nSPS) is 20.2. The number of urea groups is 1. The van der Waals surface area contributed by atoms with E-state index in [-0.39, 0.29) is 24.8 Å². The molecule has 1 fully saturated rings. The van der Waals surface area contributed by atoms with Crippen LogP contribution in [-0.4, -0.2) is 40.5 Å². The minimum Gasteiger partial charge on any atom is -0.449 e. The fourth-order valence-corrected chi connectivity index (χ4v) is 4.78. The van der Waals surface area contributed by atoms with Crippen LogP contribution in [0.3, 0.4) is 0 Å². The van der Waals surface area contributed by atoms with Crippen molar-refractivity contribution in [1.29, 1.82) is 0 Å². The fraction of sp³-hybridized carbons (Fsp3) is 0.385. The Morgan fingerprint density at radius 2 is 1.83 bits per heavy atom. The van der Waals surface area contributed by atoms with Crippen LogP contribution in [0.2, 0.25) is 0 Å². The number of ether oxygens (including phenoxy) is 2. The zero-order valence-electron chi connectivity index (χ0n) is 20.6. The smallest absolute Gasteiger partial charge is 0.319 e. The lowest BCUT2D eigenvalue weighted by Crippen LogP contribution is -2.52. The van der Waals surface area contributed by atoms with E-state index in [1.165, 1.54) is 4.90 Å². The molecule has 0 spiro atoms. The largest absolute Gasteiger partial charge is 0.449 e. The summed E-state index contributed by atoms with van der Waals surface area (Å²) < 4.78 is 11.6. The van der Waals surface area contributed by atoms with Gasteiger partial charge in [0.25, 0.3) is 5.91 Å². The number of fused-ring (bicyclic) bond motifs is 2.